The molecule has 0 spiro atoms. The van der Waals surface area contributed by atoms with Crippen molar-refractivity contribution in [1.82, 2.24) is 19.1 Å². The topological polar surface area (TPSA) is 111 Å². The van der Waals surface area contributed by atoms with E-state index in [4.69, 9.17) is 5.73 Å². The molecule has 2 aromatic rings. The lowest BCUT2D eigenvalue weighted by molar-refractivity contribution is 0.829. The van der Waals surface area contributed by atoms with Crippen molar-refractivity contribution < 1.29 is 0 Å². The molecular formula is C10H16N6O2. The molecule has 4 N–H and O–H groups in total. The molecule has 98 valence electrons. The Labute approximate surface area is 102 Å². The summed E-state index contributed by atoms with van der Waals surface area (Å²) in [7, 11) is 3.29. The molecule has 2 aromatic heterocycles. The van der Waals surface area contributed by atoms with Crippen molar-refractivity contribution in [2.45, 2.75) is 6.42 Å². The van der Waals surface area contributed by atoms with Crippen LogP contribution in [-0.4, -0.2) is 32.2 Å². The monoisotopic (exact) mass is 252 g/mol. The summed E-state index contributed by atoms with van der Waals surface area (Å²) in [5.74, 6) is 0.546. The molecule has 0 aliphatic heterocycles. The molecule has 0 radical (unpaired) electrons. The van der Waals surface area contributed by atoms with Gasteiger partial charge in [0.05, 0.1) is 0 Å². The van der Waals surface area contributed by atoms with Crippen LogP contribution in [0.25, 0.3) is 11.2 Å². The van der Waals surface area contributed by atoms with E-state index < -0.39 is 11.2 Å². The van der Waals surface area contributed by atoms with Gasteiger partial charge >= 0.3 is 5.69 Å². The van der Waals surface area contributed by atoms with Gasteiger partial charge in [0.1, 0.15) is 0 Å². The molecule has 0 fully saturated rings. The highest BCUT2D eigenvalue weighted by Gasteiger charge is 2.13. The summed E-state index contributed by atoms with van der Waals surface area (Å²) in [5.41, 5.74) is 5.23. The third-order valence-corrected chi connectivity index (χ3v) is 2.80. The summed E-state index contributed by atoms with van der Waals surface area (Å²) in [6.07, 6.45) is 0.804. The first kappa shape index (κ1) is 12.4. The van der Waals surface area contributed by atoms with Gasteiger partial charge in [-0.15, -0.1) is 0 Å². The van der Waals surface area contributed by atoms with Crippen LogP contribution in [0.4, 0.5) is 5.95 Å². The van der Waals surface area contributed by atoms with E-state index in [-0.39, 0.29) is 0 Å². The summed E-state index contributed by atoms with van der Waals surface area (Å²) in [6.45, 7) is 1.25. The number of hydrogen-bond donors (Lipinski definition) is 3. The van der Waals surface area contributed by atoms with Gasteiger partial charge in [-0.3, -0.25) is 14.3 Å². The highest BCUT2D eigenvalue weighted by molar-refractivity contribution is 5.73. The fraction of sp³-hybridized carbons (Fsp3) is 0.500. The normalized spacial score (nSPS) is 11.1. The Morgan fingerprint density at radius 1 is 1.33 bits per heavy atom. The Kier molecular flexibility index (Phi) is 3.19. The summed E-state index contributed by atoms with van der Waals surface area (Å²) in [6, 6.07) is 0. The number of H-pyrrole nitrogens is 1. The van der Waals surface area contributed by atoms with Crippen LogP contribution in [-0.2, 0) is 14.1 Å². The van der Waals surface area contributed by atoms with Gasteiger partial charge in [0.15, 0.2) is 11.2 Å². The maximum absolute atomic E-state index is 11.7. The van der Waals surface area contributed by atoms with Gasteiger partial charge in [-0.05, 0) is 13.0 Å². The number of aromatic nitrogens is 4. The number of fused-ring (bicyclic) bond motifs is 1. The van der Waals surface area contributed by atoms with E-state index in [1.165, 1.54) is 4.57 Å². The second-order valence-corrected chi connectivity index (χ2v) is 4.05. The average Bonchev–Trinajstić information content (AvgIpc) is 2.65. The lowest BCUT2D eigenvalue weighted by Gasteiger charge is -2.03. The Bertz CT molecular complexity index is 680. The van der Waals surface area contributed by atoms with Crippen LogP contribution in [0.5, 0.6) is 0 Å². The summed E-state index contributed by atoms with van der Waals surface area (Å²) >= 11 is 0. The van der Waals surface area contributed by atoms with E-state index in [0.29, 0.717) is 30.2 Å². The SMILES string of the molecule is Cn1c(NCCCN)nc2c1c(=O)[nH]c(=O)n2C. The molecule has 2 heterocycles. The van der Waals surface area contributed by atoms with Gasteiger partial charge in [0.2, 0.25) is 5.95 Å². The number of anilines is 1. The Morgan fingerprint density at radius 2 is 2.06 bits per heavy atom. The Balaban J connectivity index is 2.56. The fourth-order valence-corrected chi connectivity index (χ4v) is 1.77. The van der Waals surface area contributed by atoms with E-state index in [1.807, 2.05) is 0 Å². The van der Waals surface area contributed by atoms with Crippen molar-refractivity contribution >= 4 is 17.1 Å². The number of hydrogen-bond acceptors (Lipinski definition) is 5. The molecule has 18 heavy (non-hydrogen) atoms. The minimum atomic E-state index is -0.473. The highest BCUT2D eigenvalue weighted by Crippen LogP contribution is 2.12. The zero-order valence-electron chi connectivity index (χ0n) is 10.4. The number of nitrogens with zero attached hydrogens (tertiary/aromatic N) is 3. The molecule has 0 saturated heterocycles. The van der Waals surface area contributed by atoms with Gasteiger partial charge < -0.3 is 15.6 Å². The van der Waals surface area contributed by atoms with Gasteiger partial charge in [0, 0.05) is 20.6 Å². The van der Waals surface area contributed by atoms with E-state index in [9.17, 15) is 9.59 Å². The van der Waals surface area contributed by atoms with Crippen molar-refractivity contribution in [2.75, 3.05) is 18.4 Å². The molecule has 8 nitrogen and oxygen atoms in total. The summed E-state index contributed by atoms with van der Waals surface area (Å²) in [4.78, 5) is 29.7. The summed E-state index contributed by atoms with van der Waals surface area (Å²) < 4.78 is 2.94. The van der Waals surface area contributed by atoms with Crippen molar-refractivity contribution in [3.63, 3.8) is 0 Å². The van der Waals surface area contributed by atoms with Crippen molar-refractivity contribution in [2.24, 2.45) is 19.8 Å². The molecule has 0 unspecified atom stereocenters. The van der Waals surface area contributed by atoms with Gasteiger partial charge in [-0.2, -0.15) is 4.98 Å². The standard InChI is InChI=1S/C10H16N6O2/c1-15-6-7(13-9(15)12-5-3-4-11)16(2)10(18)14-8(6)17/h3-5,11H2,1-2H3,(H,12,13)(H,14,17,18). The molecule has 0 bridgehead atoms. The smallest absolute Gasteiger partial charge is 0.329 e. The minimum Gasteiger partial charge on any atom is -0.356 e. The molecular weight excluding hydrogens is 236 g/mol. The number of nitrogens with two attached hydrogens (primary N) is 1. The van der Waals surface area contributed by atoms with Crippen LogP contribution in [0.1, 0.15) is 6.42 Å². The third-order valence-electron chi connectivity index (χ3n) is 2.80. The fourth-order valence-electron chi connectivity index (χ4n) is 1.77. The number of imidazole rings is 1. The van der Waals surface area contributed by atoms with Gasteiger partial charge in [-0.25, -0.2) is 4.79 Å². The predicted molar refractivity (Wildman–Crippen MR) is 68.7 cm³/mol. The quantitative estimate of drug-likeness (QED) is 0.587. The molecule has 0 atom stereocenters. The zero-order valence-corrected chi connectivity index (χ0v) is 10.4. The lowest BCUT2D eigenvalue weighted by Crippen LogP contribution is -2.29. The van der Waals surface area contributed by atoms with Crippen LogP contribution in [0.15, 0.2) is 9.59 Å². The molecule has 0 aliphatic carbocycles. The lowest BCUT2D eigenvalue weighted by atomic mass is 10.4. The van der Waals surface area contributed by atoms with Crippen LogP contribution in [0.3, 0.4) is 0 Å². The Morgan fingerprint density at radius 3 is 2.72 bits per heavy atom. The maximum atomic E-state index is 11.7. The number of aryl methyl sites for hydroxylation is 2. The van der Waals surface area contributed by atoms with Gasteiger partial charge in [-0.1, -0.05) is 0 Å². The third kappa shape index (κ3) is 1.90. The maximum Gasteiger partial charge on any atom is 0.329 e. The largest absolute Gasteiger partial charge is 0.356 e. The van der Waals surface area contributed by atoms with Gasteiger partial charge in [0.25, 0.3) is 5.56 Å². The molecule has 0 aliphatic rings. The van der Waals surface area contributed by atoms with Crippen LogP contribution >= 0.6 is 0 Å². The first-order chi connectivity index (χ1) is 8.56. The second-order valence-electron chi connectivity index (χ2n) is 4.05. The first-order valence-corrected chi connectivity index (χ1v) is 5.66. The first-order valence-electron chi connectivity index (χ1n) is 5.66. The van der Waals surface area contributed by atoms with Crippen molar-refractivity contribution in [3.05, 3.63) is 20.8 Å². The predicted octanol–water partition coefficient (Wildman–Crippen LogP) is -1.28. The zero-order chi connectivity index (χ0) is 13.3. The molecule has 8 heteroatoms. The highest BCUT2D eigenvalue weighted by atomic mass is 16.2. The molecule has 0 aromatic carbocycles. The van der Waals surface area contributed by atoms with Crippen LogP contribution in [0.2, 0.25) is 0 Å². The minimum absolute atomic E-state index is 0.362. The number of aromatic amines is 1. The number of nitrogens with one attached hydrogen (secondary N) is 2. The summed E-state index contributed by atoms with van der Waals surface area (Å²) in [5, 5.41) is 3.08. The molecule has 2 rings (SSSR count). The van der Waals surface area contributed by atoms with E-state index in [2.05, 4.69) is 15.3 Å². The molecule has 0 amide bonds. The number of rotatable bonds is 4. The van der Waals surface area contributed by atoms with E-state index >= 15 is 0 Å². The van der Waals surface area contributed by atoms with Crippen LogP contribution in [0, 0.1) is 0 Å². The molecule has 0 saturated carbocycles. The average molecular weight is 252 g/mol. The van der Waals surface area contributed by atoms with Crippen molar-refractivity contribution in [3.8, 4) is 0 Å². The Hall–Kier alpha value is -2.09. The van der Waals surface area contributed by atoms with E-state index in [1.54, 1.807) is 18.7 Å². The van der Waals surface area contributed by atoms with Crippen LogP contribution < -0.4 is 22.3 Å². The second kappa shape index (κ2) is 4.65. The van der Waals surface area contributed by atoms with E-state index in [0.717, 1.165) is 6.42 Å². The van der Waals surface area contributed by atoms with Crippen molar-refractivity contribution in [1.29, 1.82) is 0 Å².